The molecule has 0 aliphatic carbocycles. The molecule has 0 saturated carbocycles. The molecule has 0 aromatic heterocycles. The highest BCUT2D eigenvalue weighted by atomic mass is 16.4. The lowest BCUT2D eigenvalue weighted by Gasteiger charge is -2.05. The quantitative estimate of drug-likeness (QED) is 0.767. The molecule has 2 rings (SSSR count). The predicted molar refractivity (Wildman–Crippen MR) is 58.9 cm³/mol. The van der Waals surface area contributed by atoms with Gasteiger partial charge in [0.1, 0.15) is 0 Å². The molecule has 0 unspecified atom stereocenters. The first-order chi connectivity index (χ1) is 7.25. The molecule has 4 nitrogen and oxygen atoms in total. The fourth-order valence-corrected chi connectivity index (χ4v) is 1.43. The molecule has 1 aromatic rings. The molecule has 0 atom stereocenters. The molecule has 2 N–H and O–H groups in total. The Balaban J connectivity index is 2.33. The number of carbonyl (C=O) groups is 1. The van der Waals surface area contributed by atoms with Crippen molar-refractivity contribution in [3.05, 3.63) is 35.4 Å². The number of benzene rings is 1. The van der Waals surface area contributed by atoms with E-state index in [0.717, 1.165) is 16.8 Å². The summed E-state index contributed by atoms with van der Waals surface area (Å²) in [5.74, 6) is -0.831. The Morgan fingerprint density at radius 2 is 2.33 bits per heavy atom. The van der Waals surface area contributed by atoms with Crippen LogP contribution in [0.25, 0.3) is 6.08 Å². The lowest BCUT2D eigenvalue weighted by molar-refractivity contribution is -0.136. The van der Waals surface area contributed by atoms with Crippen LogP contribution < -0.4 is 5.43 Å². The first kappa shape index (κ1) is 9.45. The maximum Gasteiger partial charge on any atom is 0.307 e. The first-order valence-electron chi connectivity index (χ1n) is 4.56. The van der Waals surface area contributed by atoms with Gasteiger partial charge in [-0.2, -0.15) is 5.10 Å². The van der Waals surface area contributed by atoms with E-state index in [1.807, 2.05) is 24.3 Å². The average Bonchev–Trinajstić information content (AvgIpc) is 2.41. The van der Waals surface area contributed by atoms with Crippen molar-refractivity contribution >= 4 is 23.9 Å². The molecule has 0 amide bonds. The lowest BCUT2D eigenvalue weighted by Crippen LogP contribution is -2.01. The summed E-state index contributed by atoms with van der Waals surface area (Å²) >= 11 is 0. The normalized spacial score (nSPS) is 12.8. The minimum absolute atomic E-state index is 0.0301. The second-order valence-electron chi connectivity index (χ2n) is 3.24. The number of hydrazone groups is 1. The molecule has 0 bridgehead atoms. The maximum atomic E-state index is 10.5. The Hall–Kier alpha value is -2.10. The number of fused-ring (bicyclic) bond motifs is 1. The largest absolute Gasteiger partial charge is 0.481 e. The van der Waals surface area contributed by atoms with Crippen LogP contribution in [0, 0.1) is 0 Å². The number of aliphatic carboxylic acids is 1. The minimum atomic E-state index is -0.831. The van der Waals surface area contributed by atoms with Gasteiger partial charge >= 0.3 is 5.97 Å². The van der Waals surface area contributed by atoms with Crippen molar-refractivity contribution in [2.24, 2.45) is 5.10 Å². The third-order valence-electron chi connectivity index (χ3n) is 2.09. The van der Waals surface area contributed by atoms with Crippen molar-refractivity contribution in [3.63, 3.8) is 0 Å². The summed E-state index contributed by atoms with van der Waals surface area (Å²) in [6.45, 7) is 0. The maximum absolute atomic E-state index is 10.5. The van der Waals surface area contributed by atoms with Gasteiger partial charge in [0.05, 0.1) is 12.1 Å². The number of allylic oxidation sites excluding steroid dienone is 1. The molecule has 1 aromatic carbocycles. The third-order valence-corrected chi connectivity index (χ3v) is 2.09. The van der Waals surface area contributed by atoms with Crippen molar-refractivity contribution in [2.75, 3.05) is 5.43 Å². The molecule has 0 radical (unpaired) electrons. The number of carboxylic acid groups (broad SMARTS) is 1. The van der Waals surface area contributed by atoms with E-state index in [2.05, 4.69) is 10.5 Å². The monoisotopic (exact) mass is 202 g/mol. The number of carboxylic acids is 1. The molecule has 0 spiro atoms. The first-order valence-corrected chi connectivity index (χ1v) is 4.56. The SMILES string of the molecule is O=C(O)Cc1ccc2c(c1)NN=CC=C2. The van der Waals surface area contributed by atoms with E-state index in [9.17, 15) is 4.79 Å². The van der Waals surface area contributed by atoms with Gasteiger partial charge in [-0.05, 0) is 23.3 Å². The molecular weight excluding hydrogens is 192 g/mol. The Bertz CT molecular complexity index is 450. The Labute approximate surface area is 86.9 Å². The molecule has 1 aliphatic heterocycles. The summed E-state index contributed by atoms with van der Waals surface area (Å²) in [7, 11) is 0. The summed E-state index contributed by atoms with van der Waals surface area (Å²) in [5, 5.41) is 12.6. The van der Waals surface area contributed by atoms with Gasteiger partial charge in [-0.1, -0.05) is 18.2 Å². The van der Waals surface area contributed by atoms with Crippen LogP contribution in [-0.2, 0) is 11.2 Å². The summed E-state index contributed by atoms with van der Waals surface area (Å²) < 4.78 is 0. The number of nitrogens with zero attached hydrogens (tertiary/aromatic N) is 1. The van der Waals surface area contributed by atoms with E-state index in [1.165, 1.54) is 0 Å². The lowest BCUT2D eigenvalue weighted by atomic mass is 10.1. The van der Waals surface area contributed by atoms with Gasteiger partial charge in [-0.3, -0.25) is 10.2 Å². The van der Waals surface area contributed by atoms with Crippen LogP contribution in [0.15, 0.2) is 29.4 Å². The summed E-state index contributed by atoms with van der Waals surface area (Å²) in [6, 6.07) is 5.49. The van der Waals surface area contributed by atoms with Crippen molar-refractivity contribution in [3.8, 4) is 0 Å². The molecule has 0 fully saturated rings. The fraction of sp³-hybridized carbons (Fsp3) is 0.0909. The summed E-state index contributed by atoms with van der Waals surface area (Å²) in [4.78, 5) is 10.5. The zero-order valence-electron chi connectivity index (χ0n) is 7.97. The van der Waals surface area contributed by atoms with Gasteiger partial charge in [0.2, 0.25) is 0 Å². The third kappa shape index (κ3) is 2.22. The van der Waals surface area contributed by atoms with Crippen molar-refractivity contribution in [1.82, 2.24) is 0 Å². The van der Waals surface area contributed by atoms with Crippen molar-refractivity contribution < 1.29 is 9.90 Å². The molecule has 0 saturated heterocycles. The van der Waals surface area contributed by atoms with Crippen LogP contribution in [0.4, 0.5) is 5.69 Å². The van der Waals surface area contributed by atoms with E-state index < -0.39 is 5.97 Å². The van der Waals surface area contributed by atoms with Crippen molar-refractivity contribution in [2.45, 2.75) is 6.42 Å². The van der Waals surface area contributed by atoms with Crippen LogP contribution in [0.3, 0.4) is 0 Å². The Morgan fingerprint density at radius 1 is 1.47 bits per heavy atom. The molecule has 15 heavy (non-hydrogen) atoms. The standard InChI is InChI=1S/C11H10N2O2/c14-11(15)7-8-3-4-9-2-1-5-12-13-10(9)6-8/h1-6,13H,7H2,(H,14,15). The van der Waals surface area contributed by atoms with E-state index in [-0.39, 0.29) is 6.42 Å². The molecular formula is C11H10N2O2. The van der Waals surface area contributed by atoms with Gasteiger partial charge in [0.25, 0.3) is 0 Å². The fourth-order valence-electron chi connectivity index (χ4n) is 1.43. The van der Waals surface area contributed by atoms with Crippen LogP contribution in [0.1, 0.15) is 11.1 Å². The smallest absolute Gasteiger partial charge is 0.307 e. The molecule has 76 valence electrons. The van der Waals surface area contributed by atoms with Crippen LogP contribution in [0.5, 0.6) is 0 Å². The number of anilines is 1. The molecule has 1 aliphatic rings. The van der Waals surface area contributed by atoms with Crippen LogP contribution in [0.2, 0.25) is 0 Å². The highest BCUT2D eigenvalue weighted by Crippen LogP contribution is 2.20. The topological polar surface area (TPSA) is 61.7 Å². The highest BCUT2D eigenvalue weighted by molar-refractivity contribution is 5.84. The summed E-state index contributed by atoms with van der Waals surface area (Å²) in [6.07, 6.45) is 5.43. The van der Waals surface area contributed by atoms with Gasteiger partial charge in [-0.15, -0.1) is 0 Å². The van der Waals surface area contributed by atoms with Crippen molar-refractivity contribution in [1.29, 1.82) is 0 Å². The van der Waals surface area contributed by atoms with E-state index in [1.54, 1.807) is 12.3 Å². The average molecular weight is 202 g/mol. The van der Waals surface area contributed by atoms with Gasteiger partial charge in [0.15, 0.2) is 0 Å². The number of nitrogens with one attached hydrogen (secondary N) is 1. The van der Waals surface area contributed by atoms with Gasteiger partial charge < -0.3 is 5.11 Å². The number of hydrogen-bond acceptors (Lipinski definition) is 3. The molecule has 1 heterocycles. The number of hydrogen-bond donors (Lipinski definition) is 2. The zero-order chi connectivity index (χ0) is 10.7. The van der Waals surface area contributed by atoms with E-state index >= 15 is 0 Å². The predicted octanol–water partition coefficient (Wildman–Crippen LogP) is 1.74. The van der Waals surface area contributed by atoms with Gasteiger partial charge in [-0.25, -0.2) is 0 Å². The Kier molecular flexibility index (Phi) is 2.49. The van der Waals surface area contributed by atoms with E-state index in [4.69, 9.17) is 5.11 Å². The van der Waals surface area contributed by atoms with Gasteiger partial charge in [0, 0.05) is 6.21 Å². The van der Waals surface area contributed by atoms with Crippen LogP contribution in [-0.4, -0.2) is 17.3 Å². The minimum Gasteiger partial charge on any atom is -0.481 e. The molecule has 4 heteroatoms. The van der Waals surface area contributed by atoms with E-state index in [0.29, 0.717) is 0 Å². The second-order valence-corrected chi connectivity index (χ2v) is 3.24. The van der Waals surface area contributed by atoms with Crippen LogP contribution >= 0.6 is 0 Å². The highest BCUT2D eigenvalue weighted by Gasteiger charge is 2.05. The number of rotatable bonds is 2. The summed E-state index contributed by atoms with van der Waals surface area (Å²) in [5.41, 5.74) is 5.45. The zero-order valence-corrected chi connectivity index (χ0v) is 7.97. The second kappa shape index (κ2) is 3.96. The Morgan fingerprint density at radius 3 is 3.13 bits per heavy atom.